The van der Waals surface area contributed by atoms with Gasteiger partial charge in [-0.05, 0) is 0 Å². The van der Waals surface area contributed by atoms with Gasteiger partial charge in [0.1, 0.15) is 0 Å². The first-order chi connectivity index (χ1) is 14.4. The maximum atomic E-state index is 12.1. The van der Waals surface area contributed by atoms with Crippen LogP contribution in [0, 0.1) is 11.8 Å². The molecule has 174 valence electrons. The fourth-order valence-corrected chi connectivity index (χ4v) is 18.5. The van der Waals surface area contributed by atoms with Gasteiger partial charge in [-0.25, -0.2) is 0 Å². The van der Waals surface area contributed by atoms with Crippen LogP contribution < -0.4 is 0 Å². The van der Waals surface area contributed by atoms with E-state index in [0.717, 1.165) is 6.42 Å². The predicted molar refractivity (Wildman–Crippen MR) is 137 cm³/mol. The number of esters is 1. The molecular weight excluding hydrogens is 475 g/mol. The van der Waals surface area contributed by atoms with Crippen molar-refractivity contribution in [2.75, 3.05) is 6.61 Å². The molecule has 30 heavy (non-hydrogen) atoms. The molecule has 0 heterocycles. The summed E-state index contributed by atoms with van der Waals surface area (Å²) in [6, 6.07) is 0. The second kappa shape index (κ2) is 18.1. The van der Waals surface area contributed by atoms with E-state index in [2.05, 4.69) is 69.9 Å². The van der Waals surface area contributed by atoms with Crippen LogP contribution in [0.4, 0.5) is 0 Å². The van der Waals surface area contributed by atoms with Gasteiger partial charge >= 0.3 is 193 Å². The first-order valence-electron chi connectivity index (χ1n) is 12.6. The van der Waals surface area contributed by atoms with E-state index in [0.29, 0.717) is 6.61 Å². The third-order valence-electron chi connectivity index (χ3n) is 6.22. The van der Waals surface area contributed by atoms with E-state index in [4.69, 9.17) is 4.74 Å². The topological polar surface area (TPSA) is 26.3 Å². The standard InChI is InChI=1S/C15H23O2.3C4H9.Sn/c1-6-12(4)10-9-11-13(5)14(7-2)15(16)17-8-3;3*1-3-4-2;/h1,6,9-11,13-14H,7-8H2,2-5H3;3*1,3-4H2,2H3;/b6-1?,11-9-,12-10-;;;;/t13-,14?;;;;/m0..../s1. The maximum absolute atomic E-state index is 12.1. The van der Waals surface area contributed by atoms with Gasteiger partial charge in [-0.1, -0.05) is 0 Å². The van der Waals surface area contributed by atoms with E-state index in [1.165, 1.54) is 57.4 Å². The molecule has 0 aliphatic rings. The van der Waals surface area contributed by atoms with Crippen molar-refractivity contribution in [2.45, 2.75) is 107 Å². The van der Waals surface area contributed by atoms with E-state index in [-0.39, 0.29) is 17.8 Å². The molecule has 1 unspecified atom stereocenters. The fraction of sp³-hybridized carbons (Fsp3) is 0.741. The molecular formula is C27H50O2Sn. The summed E-state index contributed by atoms with van der Waals surface area (Å²) >= 11 is -2.20. The molecule has 0 saturated heterocycles. The van der Waals surface area contributed by atoms with Crippen LogP contribution >= 0.6 is 0 Å². The molecule has 0 rings (SSSR count). The quantitative estimate of drug-likeness (QED) is 0.108. The Morgan fingerprint density at radius 1 is 0.933 bits per heavy atom. The van der Waals surface area contributed by atoms with Gasteiger partial charge in [0.2, 0.25) is 0 Å². The number of carbonyl (C=O) groups excluding carboxylic acids is 1. The van der Waals surface area contributed by atoms with Gasteiger partial charge in [0.15, 0.2) is 0 Å². The molecule has 0 aliphatic carbocycles. The zero-order valence-corrected chi connectivity index (χ0v) is 24.0. The fourth-order valence-electron chi connectivity index (χ4n) is 4.09. The molecule has 0 aromatic rings. The molecule has 0 amide bonds. The first-order valence-corrected chi connectivity index (χ1v) is 20.3. The Hall–Kier alpha value is -0.511. The third kappa shape index (κ3) is 12.4. The van der Waals surface area contributed by atoms with Gasteiger partial charge in [0, 0.05) is 0 Å². The van der Waals surface area contributed by atoms with Crippen molar-refractivity contribution in [2.24, 2.45) is 11.8 Å². The molecule has 0 aromatic carbocycles. The summed E-state index contributed by atoms with van der Waals surface area (Å²) < 4.78 is 12.5. The van der Waals surface area contributed by atoms with Crippen LogP contribution in [-0.2, 0) is 9.53 Å². The summed E-state index contributed by atoms with van der Waals surface area (Å²) in [5, 5.41) is 0. The van der Waals surface area contributed by atoms with Crippen LogP contribution in [0.5, 0.6) is 0 Å². The Morgan fingerprint density at radius 2 is 1.47 bits per heavy atom. The van der Waals surface area contributed by atoms with Crippen molar-refractivity contribution >= 4 is 24.3 Å². The second-order valence-electron chi connectivity index (χ2n) is 8.93. The van der Waals surface area contributed by atoms with E-state index >= 15 is 0 Å². The Balaban J connectivity index is 5.25. The normalized spacial score (nSPS) is 15.1. The summed E-state index contributed by atoms with van der Waals surface area (Å²) in [6.45, 7) is 15.7. The van der Waals surface area contributed by atoms with Crippen LogP contribution in [0.1, 0.15) is 93.4 Å². The van der Waals surface area contributed by atoms with E-state index in [1.54, 1.807) is 0 Å². The van der Waals surface area contributed by atoms with Crippen LogP contribution in [0.15, 0.2) is 34.0 Å². The van der Waals surface area contributed by atoms with Crippen molar-refractivity contribution in [1.82, 2.24) is 0 Å². The number of allylic oxidation sites excluding steroid dienone is 5. The zero-order valence-electron chi connectivity index (χ0n) is 21.1. The van der Waals surface area contributed by atoms with Gasteiger partial charge in [0.05, 0.1) is 0 Å². The summed E-state index contributed by atoms with van der Waals surface area (Å²) in [4.78, 5) is 12.1. The Bertz CT molecular complexity index is 511. The molecule has 2 nitrogen and oxygen atoms in total. The van der Waals surface area contributed by atoms with Crippen LogP contribution in [0.3, 0.4) is 0 Å². The van der Waals surface area contributed by atoms with Crippen LogP contribution in [-0.4, -0.2) is 31.0 Å². The molecule has 0 spiro atoms. The van der Waals surface area contributed by atoms with Gasteiger partial charge in [-0.3, -0.25) is 0 Å². The molecule has 0 radical (unpaired) electrons. The molecule has 0 N–H and O–H groups in total. The first kappa shape index (κ1) is 29.5. The van der Waals surface area contributed by atoms with Gasteiger partial charge in [0.25, 0.3) is 0 Å². The van der Waals surface area contributed by atoms with E-state index < -0.39 is 18.4 Å². The number of carbonyl (C=O) groups is 1. The van der Waals surface area contributed by atoms with E-state index in [1.807, 2.05) is 6.92 Å². The molecule has 0 fully saturated rings. The van der Waals surface area contributed by atoms with Crippen LogP contribution in [0.2, 0.25) is 13.3 Å². The molecule has 0 bridgehead atoms. The van der Waals surface area contributed by atoms with Crippen LogP contribution in [0.25, 0.3) is 0 Å². The number of hydrogen-bond donors (Lipinski definition) is 0. The monoisotopic (exact) mass is 526 g/mol. The minimum atomic E-state index is -2.20. The Kier molecular flexibility index (Phi) is 17.8. The number of rotatable bonds is 17. The van der Waals surface area contributed by atoms with E-state index in [9.17, 15) is 4.79 Å². The Labute approximate surface area is 192 Å². The van der Waals surface area contributed by atoms with Crippen molar-refractivity contribution in [3.8, 4) is 0 Å². The molecule has 2 atom stereocenters. The second-order valence-corrected chi connectivity index (χ2v) is 21.9. The molecule has 0 aliphatic heterocycles. The summed E-state index contributed by atoms with van der Waals surface area (Å²) in [6.07, 6.45) is 17.9. The van der Waals surface area contributed by atoms with Crippen molar-refractivity contribution in [3.05, 3.63) is 34.0 Å². The zero-order chi connectivity index (χ0) is 22.8. The number of hydrogen-bond acceptors (Lipinski definition) is 2. The number of unbranched alkanes of at least 4 members (excludes halogenated alkanes) is 3. The third-order valence-corrected chi connectivity index (χ3v) is 20.3. The predicted octanol–water partition coefficient (Wildman–Crippen LogP) is 8.66. The van der Waals surface area contributed by atoms with Gasteiger partial charge in [-0.15, -0.1) is 0 Å². The molecule has 0 aromatic heterocycles. The van der Waals surface area contributed by atoms with Gasteiger partial charge < -0.3 is 0 Å². The van der Waals surface area contributed by atoms with Crippen molar-refractivity contribution in [3.63, 3.8) is 0 Å². The SMILES string of the molecule is CCC[CH2][Sn](/[CH]=C/C(C)=C\C=C/[C@H](C)C(CC)C(=O)OCC)([CH2]CCC)[CH2]CCC. The summed E-state index contributed by atoms with van der Waals surface area (Å²) in [5.41, 5.74) is 1.33. The minimum absolute atomic E-state index is 0.0496. The van der Waals surface area contributed by atoms with Crippen molar-refractivity contribution in [1.29, 1.82) is 0 Å². The average Bonchev–Trinajstić information content (AvgIpc) is 2.73. The summed E-state index contributed by atoms with van der Waals surface area (Å²) in [5.74, 6) is 0.0739. The van der Waals surface area contributed by atoms with Crippen molar-refractivity contribution < 1.29 is 9.53 Å². The molecule has 0 saturated carbocycles. The molecule has 3 heteroatoms. The number of ether oxygens (including phenoxy) is 1. The Morgan fingerprint density at radius 3 is 1.90 bits per heavy atom. The van der Waals surface area contributed by atoms with Gasteiger partial charge in [-0.2, -0.15) is 0 Å². The summed E-state index contributed by atoms with van der Waals surface area (Å²) in [7, 11) is 0. The average molecular weight is 525 g/mol.